The van der Waals surface area contributed by atoms with Gasteiger partial charge >= 0.3 is 5.97 Å². The predicted molar refractivity (Wildman–Crippen MR) is 75.2 cm³/mol. The molecule has 0 bridgehead atoms. The normalized spacial score (nSPS) is 10.7. The van der Waals surface area contributed by atoms with E-state index in [1.165, 1.54) is 7.11 Å². The molecule has 0 aliphatic rings. The van der Waals surface area contributed by atoms with E-state index in [2.05, 4.69) is 0 Å². The first kappa shape index (κ1) is 15.7. The lowest BCUT2D eigenvalue weighted by molar-refractivity contribution is 0.0599. The molecule has 1 aromatic rings. The van der Waals surface area contributed by atoms with Crippen LogP contribution in [-0.4, -0.2) is 21.5 Å². The van der Waals surface area contributed by atoms with Gasteiger partial charge in [-0.1, -0.05) is 26.3 Å². The maximum absolute atomic E-state index is 11.7. The number of benzene rings is 1. The zero-order chi connectivity index (χ0) is 14.4. The fourth-order valence-electron chi connectivity index (χ4n) is 2.28. The topological polar surface area (TPSA) is 60.4 Å². The summed E-state index contributed by atoms with van der Waals surface area (Å²) in [6.07, 6.45) is 2.36. The van der Waals surface area contributed by atoms with Crippen LogP contribution in [0.2, 0.25) is 0 Å². The minimum atomic E-state index is -2.51. The molecule has 4 nitrogen and oxygen atoms in total. The van der Waals surface area contributed by atoms with Crippen LogP contribution in [-0.2, 0) is 34.0 Å². The third kappa shape index (κ3) is 3.80. The van der Waals surface area contributed by atoms with Gasteiger partial charge in [-0.05, 0) is 35.6 Å². The summed E-state index contributed by atoms with van der Waals surface area (Å²) >= 11 is 0. The highest BCUT2D eigenvalue weighted by atomic mass is 32.2. The molecule has 106 valence electrons. The Bertz CT molecular complexity index is 524. The largest absolute Gasteiger partial charge is 0.465 e. The fourth-order valence-corrected chi connectivity index (χ4v) is 2.93. The molecular formula is C14H20O4S. The molecular weight excluding hydrogens is 264 g/mol. The monoisotopic (exact) mass is 284 g/mol. The van der Waals surface area contributed by atoms with E-state index < -0.39 is 16.7 Å². The van der Waals surface area contributed by atoms with E-state index in [-0.39, 0.29) is 5.75 Å². The van der Waals surface area contributed by atoms with Gasteiger partial charge in [0.25, 0.3) is 0 Å². The molecule has 0 spiro atoms. The highest BCUT2D eigenvalue weighted by Gasteiger charge is 2.17. The van der Waals surface area contributed by atoms with Crippen molar-refractivity contribution in [2.75, 3.05) is 7.11 Å². The molecule has 0 aliphatic carbocycles. The molecule has 0 aliphatic heterocycles. The van der Waals surface area contributed by atoms with Crippen LogP contribution in [0, 0.1) is 0 Å². The number of hydrogen-bond donors (Lipinski definition) is 1. The van der Waals surface area contributed by atoms with Gasteiger partial charge in [-0.3, -0.25) is 0 Å². The van der Waals surface area contributed by atoms with Crippen LogP contribution in [0.4, 0.5) is 0 Å². The Morgan fingerprint density at radius 1 is 1.21 bits per heavy atom. The van der Waals surface area contributed by atoms with Gasteiger partial charge in [0, 0.05) is 0 Å². The van der Waals surface area contributed by atoms with Crippen LogP contribution in [0.5, 0.6) is 0 Å². The average molecular weight is 284 g/mol. The molecule has 1 aromatic carbocycles. The van der Waals surface area contributed by atoms with Crippen LogP contribution in [0.25, 0.3) is 0 Å². The summed E-state index contributed by atoms with van der Waals surface area (Å²) in [6.45, 7) is 3.96. The number of methoxy groups -OCH3 is 1. The summed E-state index contributed by atoms with van der Waals surface area (Å²) in [7, 11) is -1.18. The lowest BCUT2D eigenvalue weighted by Gasteiger charge is -2.15. The first-order chi connectivity index (χ1) is 9.04. The molecule has 0 unspecified atom stereocenters. The van der Waals surface area contributed by atoms with Crippen molar-refractivity contribution >= 4 is 16.7 Å². The molecule has 0 atom stereocenters. The molecule has 0 aromatic heterocycles. The van der Waals surface area contributed by atoms with Crippen LogP contribution in [0.3, 0.4) is 0 Å². The van der Waals surface area contributed by atoms with Gasteiger partial charge in [-0.25, -0.2) is 13.2 Å². The van der Waals surface area contributed by atoms with Crippen molar-refractivity contribution < 1.29 is 17.9 Å². The van der Waals surface area contributed by atoms with E-state index in [0.29, 0.717) is 12.0 Å². The zero-order valence-electron chi connectivity index (χ0n) is 11.6. The maximum atomic E-state index is 11.7. The Labute approximate surface area is 115 Å². The van der Waals surface area contributed by atoms with Crippen molar-refractivity contribution in [1.82, 2.24) is 0 Å². The van der Waals surface area contributed by atoms with Gasteiger partial charge in [-0.2, -0.15) is 0 Å². The minimum absolute atomic E-state index is 0.0152. The number of thiol groups is 1. The molecule has 0 saturated heterocycles. The van der Waals surface area contributed by atoms with Crippen LogP contribution >= 0.6 is 0 Å². The predicted octanol–water partition coefficient (Wildman–Crippen LogP) is 2.10. The van der Waals surface area contributed by atoms with Gasteiger partial charge in [0.15, 0.2) is 0 Å². The molecule has 0 amide bonds. The Kier molecular flexibility index (Phi) is 6.02. The molecule has 0 heterocycles. The smallest absolute Gasteiger partial charge is 0.338 e. The second-order valence-corrected chi connectivity index (χ2v) is 5.30. The summed E-state index contributed by atoms with van der Waals surface area (Å²) in [5, 5.41) is 0. The van der Waals surface area contributed by atoms with Crippen molar-refractivity contribution in [2.45, 2.75) is 38.9 Å². The molecule has 0 fully saturated rings. The van der Waals surface area contributed by atoms with E-state index >= 15 is 0 Å². The first-order valence-corrected chi connectivity index (χ1v) is 7.75. The third-order valence-electron chi connectivity index (χ3n) is 3.09. The Morgan fingerprint density at radius 3 is 2.37 bits per heavy atom. The van der Waals surface area contributed by atoms with Crippen molar-refractivity contribution in [3.05, 3.63) is 34.4 Å². The molecule has 1 rings (SSSR count). The molecule has 0 saturated carbocycles. The lowest BCUT2D eigenvalue weighted by atomic mass is 9.93. The van der Waals surface area contributed by atoms with Gasteiger partial charge in [-0.15, -0.1) is 0 Å². The summed E-state index contributed by atoms with van der Waals surface area (Å²) in [6, 6.07) is 3.57. The van der Waals surface area contributed by atoms with Crippen LogP contribution in [0.1, 0.15) is 47.3 Å². The molecule has 19 heavy (non-hydrogen) atoms. The van der Waals surface area contributed by atoms with Crippen LogP contribution < -0.4 is 0 Å². The van der Waals surface area contributed by atoms with Gasteiger partial charge in [0.2, 0.25) is 0 Å². The summed E-state index contributed by atoms with van der Waals surface area (Å²) in [4.78, 5) is 11.7. The number of ether oxygens (including phenoxy) is 1. The van der Waals surface area contributed by atoms with Crippen LogP contribution in [0.15, 0.2) is 12.1 Å². The number of carbonyl (C=O) groups is 1. The Morgan fingerprint density at radius 2 is 1.89 bits per heavy atom. The van der Waals surface area contributed by atoms with Crippen molar-refractivity contribution in [2.24, 2.45) is 0 Å². The molecule has 5 heteroatoms. The van der Waals surface area contributed by atoms with E-state index in [1.807, 2.05) is 19.9 Å². The second kappa shape index (κ2) is 7.28. The van der Waals surface area contributed by atoms with Crippen molar-refractivity contribution in [3.63, 3.8) is 0 Å². The number of rotatable bonds is 6. The van der Waals surface area contributed by atoms with Gasteiger partial charge in [0.1, 0.15) is 10.7 Å². The number of hydrogen-bond acceptors (Lipinski definition) is 4. The lowest BCUT2D eigenvalue weighted by Crippen LogP contribution is -2.10. The number of aryl methyl sites for hydroxylation is 1. The number of carbonyl (C=O) groups excluding carboxylic acids is 1. The number of esters is 1. The molecule has 0 N–H and O–H groups in total. The van der Waals surface area contributed by atoms with Gasteiger partial charge in [0.05, 0.1) is 18.4 Å². The van der Waals surface area contributed by atoms with E-state index in [4.69, 9.17) is 4.74 Å². The highest BCUT2D eigenvalue weighted by molar-refractivity contribution is 7.71. The van der Waals surface area contributed by atoms with E-state index in [0.717, 1.165) is 29.5 Å². The highest BCUT2D eigenvalue weighted by Crippen LogP contribution is 2.23. The maximum Gasteiger partial charge on any atom is 0.338 e. The summed E-state index contributed by atoms with van der Waals surface area (Å²) in [5.74, 6) is -0.430. The second-order valence-electron chi connectivity index (χ2n) is 4.32. The minimum Gasteiger partial charge on any atom is -0.465 e. The Hall–Kier alpha value is -1.36. The standard InChI is InChI=1S/C14H20O4S/c1-4-6-10-7-8-12(14(15)18-3)11(5-2)13(10)9-19(16)17/h7-8,19H,4-6,9H2,1-3H3. The SMILES string of the molecule is CCCc1ccc(C(=O)OC)c(CC)c1C[SH](=O)=O. The van der Waals surface area contributed by atoms with Crippen molar-refractivity contribution in [1.29, 1.82) is 0 Å². The van der Waals surface area contributed by atoms with E-state index in [1.54, 1.807) is 6.07 Å². The fraction of sp³-hybridized carbons (Fsp3) is 0.500. The van der Waals surface area contributed by atoms with Gasteiger partial charge < -0.3 is 4.74 Å². The average Bonchev–Trinajstić information content (AvgIpc) is 2.39. The Balaban J connectivity index is 3.43. The van der Waals surface area contributed by atoms with Crippen molar-refractivity contribution in [3.8, 4) is 0 Å². The first-order valence-electron chi connectivity index (χ1n) is 6.38. The zero-order valence-corrected chi connectivity index (χ0v) is 12.5. The summed E-state index contributed by atoms with van der Waals surface area (Å²) < 4.78 is 26.9. The van der Waals surface area contributed by atoms with E-state index in [9.17, 15) is 13.2 Å². The molecule has 0 radical (unpaired) electrons. The quantitative estimate of drug-likeness (QED) is 0.642. The summed E-state index contributed by atoms with van der Waals surface area (Å²) in [5.41, 5.74) is 3.03. The third-order valence-corrected chi connectivity index (χ3v) is 3.67.